The van der Waals surface area contributed by atoms with Crippen LogP contribution in [0.3, 0.4) is 0 Å². The van der Waals surface area contributed by atoms with E-state index in [2.05, 4.69) is 10.6 Å². The van der Waals surface area contributed by atoms with E-state index in [1.54, 1.807) is 13.2 Å². The lowest BCUT2D eigenvalue weighted by molar-refractivity contribution is -0.121. The third kappa shape index (κ3) is 5.58. The molecule has 118 valence electrons. The molecule has 0 spiro atoms. The van der Waals surface area contributed by atoms with Gasteiger partial charge in [0.05, 0.1) is 18.0 Å². The Morgan fingerprint density at radius 3 is 2.67 bits per heavy atom. The Labute approximate surface area is 123 Å². The van der Waals surface area contributed by atoms with Crippen molar-refractivity contribution in [3.63, 3.8) is 0 Å². The molecule has 0 saturated heterocycles. The summed E-state index contributed by atoms with van der Waals surface area (Å²) in [5, 5.41) is 10.6. The highest BCUT2D eigenvalue weighted by Crippen LogP contribution is 2.25. The molecule has 21 heavy (non-hydrogen) atoms. The molecule has 0 aliphatic heterocycles. The van der Waals surface area contributed by atoms with Gasteiger partial charge in [-0.2, -0.15) is 0 Å². The lowest BCUT2D eigenvalue weighted by atomic mass is 10.2. The van der Waals surface area contributed by atoms with Gasteiger partial charge in [-0.05, 0) is 12.1 Å². The van der Waals surface area contributed by atoms with Crippen molar-refractivity contribution >= 4 is 27.3 Å². The summed E-state index contributed by atoms with van der Waals surface area (Å²) in [5.74, 6) is -0.138. The molecule has 1 amide bonds. The van der Waals surface area contributed by atoms with E-state index in [9.17, 15) is 13.2 Å². The van der Waals surface area contributed by atoms with Gasteiger partial charge in [0.2, 0.25) is 15.9 Å². The summed E-state index contributed by atoms with van der Waals surface area (Å²) in [6.07, 6.45) is 0.225. The summed E-state index contributed by atoms with van der Waals surface area (Å²) < 4.78 is 27.5. The molecular weight excluding hydrogens is 296 g/mol. The van der Waals surface area contributed by atoms with Crippen LogP contribution in [0.4, 0.5) is 11.4 Å². The maximum Gasteiger partial charge on any atom is 0.240 e. The Hall–Kier alpha value is -1.84. The van der Waals surface area contributed by atoms with E-state index >= 15 is 0 Å². The van der Waals surface area contributed by atoms with E-state index in [0.29, 0.717) is 25.4 Å². The Kier molecular flexibility index (Phi) is 6.40. The number of carbonyl (C=O) groups excluding carboxylic acids is 1. The third-order valence-electron chi connectivity index (χ3n) is 2.67. The predicted octanol–water partition coefficient (Wildman–Crippen LogP) is -0.519. The number of benzene rings is 1. The van der Waals surface area contributed by atoms with Crippen molar-refractivity contribution in [1.82, 2.24) is 5.32 Å². The molecule has 0 radical (unpaired) electrons. The zero-order valence-corrected chi connectivity index (χ0v) is 12.6. The van der Waals surface area contributed by atoms with E-state index in [-0.39, 0.29) is 22.9 Å². The summed E-state index contributed by atoms with van der Waals surface area (Å²) in [4.78, 5) is 11.3. The number of nitrogen functional groups attached to an aromatic ring is 1. The van der Waals surface area contributed by atoms with Gasteiger partial charge >= 0.3 is 0 Å². The maximum atomic E-state index is 11.5. The van der Waals surface area contributed by atoms with Crippen LogP contribution in [0, 0.1) is 0 Å². The normalized spacial score (nSPS) is 11.1. The van der Waals surface area contributed by atoms with E-state index in [0.717, 1.165) is 0 Å². The van der Waals surface area contributed by atoms with Crippen LogP contribution < -0.4 is 21.5 Å². The fourth-order valence-electron chi connectivity index (χ4n) is 1.64. The van der Waals surface area contributed by atoms with Gasteiger partial charge in [0.15, 0.2) is 0 Å². The highest BCUT2D eigenvalue weighted by molar-refractivity contribution is 7.89. The lowest BCUT2D eigenvalue weighted by Crippen LogP contribution is -2.28. The molecule has 0 fully saturated rings. The number of primary sulfonamides is 1. The molecule has 0 aromatic heterocycles. The van der Waals surface area contributed by atoms with Gasteiger partial charge in [-0.3, -0.25) is 4.79 Å². The van der Waals surface area contributed by atoms with Crippen molar-refractivity contribution in [3.8, 4) is 0 Å². The van der Waals surface area contributed by atoms with E-state index in [4.69, 9.17) is 15.6 Å². The van der Waals surface area contributed by atoms with Crippen LogP contribution in [0.2, 0.25) is 0 Å². The first kappa shape index (κ1) is 17.2. The van der Waals surface area contributed by atoms with Crippen molar-refractivity contribution in [2.75, 3.05) is 37.9 Å². The largest absolute Gasteiger partial charge is 0.396 e. The van der Waals surface area contributed by atoms with Crippen LogP contribution in [0.1, 0.15) is 6.42 Å². The smallest absolute Gasteiger partial charge is 0.240 e. The van der Waals surface area contributed by atoms with Gasteiger partial charge in [-0.15, -0.1) is 0 Å². The number of rotatable bonds is 8. The number of hydrogen-bond donors (Lipinski definition) is 4. The number of methoxy groups -OCH3 is 1. The van der Waals surface area contributed by atoms with Crippen molar-refractivity contribution in [2.45, 2.75) is 11.3 Å². The summed E-state index contributed by atoms with van der Waals surface area (Å²) in [5.41, 5.74) is 6.21. The fraction of sp³-hybridized carbons (Fsp3) is 0.417. The maximum absolute atomic E-state index is 11.5. The second-order valence-corrected chi connectivity index (χ2v) is 5.81. The monoisotopic (exact) mass is 316 g/mol. The summed E-state index contributed by atoms with van der Waals surface area (Å²) in [6.45, 7) is 1.21. The molecule has 8 nitrogen and oxygen atoms in total. The van der Waals surface area contributed by atoms with Crippen molar-refractivity contribution < 1.29 is 17.9 Å². The van der Waals surface area contributed by atoms with Crippen LogP contribution in [0.25, 0.3) is 0 Å². The van der Waals surface area contributed by atoms with E-state index < -0.39 is 10.0 Å². The molecule has 1 aromatic rings. The van der Waals surface area contributed by atoms with E-state index in [1.807, 2.05) is 0 Å². The number of nitrogens with one attached hydrogen (secondary N) is 2. The highest BCUT2D eigenvalue weighted by Gasteiger charge is 2.14. The Bertz CT molecular complexity index is 589. The molecule has 0 heterocycles. The minimum absolute atomic E-state index is 0.0415. The zero-order valence-electron chi connectivity index (χ0n) is 11.8. The van der Waals surface area contributed by atoms with Crippen molar-refractivity contribution in [1.29, 1.82) is 0 Å². The second-order valence-electron chi connectivity index (χ2n) is 4.28. The predicted molar refractivity (Wildman–Crippen MR) is 80.2 cm³/mol. The van der Waals surface area contributed by atoms with Gasteiger partial charge in [-0.1, -0.05) is 6.07 Å². The molecule has 0 aliphatic carbocycles. The first-order valence-electron chi connectivity index (χ1n) is 6.27. The summed E-state index contributed by atoms with van der Waals surface area (Å²) in [7, 11) is -2.32. The first-order valence-corrected chi connectivity index (χ1v) is 7.81. The molecule has 0 atom stereocenters. The first-order chi connectivity index (χ1) is 9.86. The number of nitrogens with two attached hydrogens (primary N) is 2. The van der Waals surface area contributed by atoms with Gasteiger partial charge in [-0.25, -0.2) is 13.6 Å². The van der Waals surface area contributed by atoms with Crippen LogP contribution in [-0.4, -0.2) is 41.1 Å². The number of amides is 1. The molecule has 1 rings (SSSR count). The molecule has 6 N–H and O–H groups in total. The average molecular weight is 316 g/mol. The van der Waals surface area contributed by atoms with Crippen LogP contribution in [0.5, 0.6) is 0 Å². The molecule has 0 aliphatic rings. The van der Waals surface area contributed by atoms with Crippen LogP contribution in [0.15, 0.2) is 23.1 Å². The van der Waals surface area contributed by atoms with Gasteiger partial charge < -0.3 is 21.1 Å². The zero-order chi connectivity index (χ0) is 15.9. The van der Waals surface area contributed by atoms with Gasteiger partial charge in [0.1, 0.15) is 4.90 Å². The molecule has 0 unspecified atom stereocenters. The molecular formula is C12H20N4O4S. The molecule has 1 aromatic carbocycles. The Morgan fingerprint density at radius 1 is 1.33 bits per heavy atom. The Morgan fingerprint density at radius 2 is 2.05 bits per heavy atom. The SMILES string of the molecule is COCCNC(=O)CCNc1cccc(S(N)(=O)=O)c1N. The highest BCUT2D eigenvalue weighted by atomic mass is 32.2. The van der Waals surface area contributed by atoms with E-state index in [1.165, 1.54) is 12.1 Å². The quantitative estimate of drug-likeness (QED) is 0.376. The molecule has 0 bridgehead atoms. The second kappa shape index (κ2) is 7.81. The van der Waals surface area contributed by atoms with Crippen molar-refractivity contribution in [2.24, 2.45) is 5.14 Å². The standard InChI is InChI=1S/C12H20N4O4S/c1-20-8-7-16-11(17)5-6-15-9-3-2-4-10(12(9)13)21(14,18)19/h2-4,15H,5-8,13H2,1H3,(H,16,17)(H2,14,18,19). The number of ether oxygens (including phenoxy) is 1. The average Bonchev–Trinajstić information content (AvgIpc) is 2.39. The minimum atomic E-state index is -3.87. The fourth-order valence-corrected chi connectivity index (χ4v) is 2.32. The number of carbonyl (C=O) groups is 1. The molecule has 0 saturated carbocycles. The van der Waals surface area contributed by atoms with Crippen LogP contribution >= 0.6 is 0 Å². The van der Waals surface area contributed by atoms with Crippen molar-refractivity contribution in [3.05, 3.63) is 18.2 Å². The minimum Gasteiger partial charge on any atom is -0.396 e. The number of sulfonamides is 1. The Balaban J connectivity index is 2.55. The van der Waals surface area contributed by atoms with Crippen LogP contribution in [-0.2, 0) is 19.6 Å². The third-order valence-corrected chi connectivity index (χ3v) is 3.64. The number of anilines is 2. The summed E-state index contributed by atoms with van der Waals surface area (Å²) in [6, 6.07) is 4.47. The lowest BCUT2D eigenvalue weighted by Gasteiger charge is -2.12. The number of para-hydroxylation sites is 1. The summed E-state index contributed by atoms with van der Waals surface area (Å²) >= 11 is 0. The van der Waals surface area contributed by atoms with Gasteiger partial charge in [0, 0.05) is 26.6 Å². The topological polar surface area (TPSA) is 137 Å². The molecule has 9 heteroatoms. The van der Waals surface area contributed by atoms with Gasteiger partial charge in [0.25, 0.3) is 0 Å². The number of hydrogen-bond acceptors (Lipinski definition) is 6.